The number of cyclic esters (lactones) is 3. The molecule has 10 rings (SSSR count). The Morgan fingerprint density at radius 1 is 0.686 bits per heavy atom. The molecule has 2 heterocycles. The van der Waals surface area contributed by atoms with Crippen LogP contribution in [0.3, 0.4) is 0 Å². The van der Waals surface area contributed by atoms with Crippen molar-refractivity contribution in [3.63, 3.8) is 0 Å². The molecule has 0 spiro atoms. The topological polar surface area (TPSA) is 132 Å². The van der Waals surface area contributed by atoms with E-state index in [1.807, 2.05) is 27.7 Å². The highest BCUT2D eigenvalue weighted by molar-refractivity contribution is 5.96. The molecule has 8 aliphatic carbocycles. The van der Waals surface area contributed by atoms with Crippen molar-refractivity contribution in [2.24, 2.45) is 124 Å². The Balaban J connectivity index is 0.945. The number of hydrogen-bond acceptors (Lipinski definition) is 10. The van der Waals surface area contributed by atoms with Crippen molar-refractivity contribution in [2.45, 2.75) is 79.2 Å². The SMILES string of the molecule is CCOCOC(=O)C1CC2CC1C1C3CC(C(C)C3C3C4CC(C5C6CC(CC6C(=O)OC6C(=O)OCC6(C)C)C45)C3C3C(=O)OC(=O)C3C)C21. The third kappa shape index (κ3) is 4.34. The number of rotatable bonds is 8. The van der Waals surface area contributed by atoms with Crippen LogP contribution >= 0.6 is 0 Å². The monoisotopic (exact) mass is 706 g/mol. The summed E-state index contributed by atoms with van der Waals surface area (Å²) in [6.45, 7) is 10.9. The second kappa shape index (κ2) is 11.3. The maximum absolute atomic E-state index is 13.8. The first-order chi connectivity index (χ1) is 24.4. The molecule has 51 heavy (non-hydrogen) atoms. The van der Waals surface area contributed by atoms with Crippen molar-refractivity contribution in [3.05, 3.63) is 0 Å². The van der Waals surface area contributed by atoms with Gasteiger partial charge in [-0.3, -0.25) is 19.2 Å². The number of carbonyl (C=O) groups is 5. The summed E-state index contributed by atoms with van der Waals surface area (Å²) in [5, 5.41) is 0. The fourth-order valence-electron chi connectivity index (χ4n) is 16.4. The van der Waals surface area contributed by atoms with E-state index in [9.17, 15) is 24.0 Å². The third-order valence-corrected chi connectivity index (χ3v) is 17.6. The minimum Gasteiger partial charge on any atom is -0.462 e. The van der Waals surface area contributed by atoms with Crippen LogP contribution in [0.1, 0.15) is 73.1 Å². The van der Waals surface area contributed by atoms with E-state index in [0.29, 0.717) is 83.5 Å². The molecule has 0 N–H and O–H groups in total. The van der Waals surface area contributed by atoms with Gasteiger partial charge in [0.25, 0.3) is 0 Å². The molecule has 0 aromatic rings. The van der Waals surface area contributed by atoms with E-state index in [2.05, 4.69) is 6.92 Å². The summed E-state index contributed by atoms with van der Waals surface area (Å²) in [6.07, 6.45) is 5.26. The van der Waals surface area contributed by atoms with Gasteiger partial charge >= 0.3 is 29.8 Å². The molecule has 0 aromatic heterocycles. The third-order valence-electron chi connectivity index (χ3n) is 17.6. The Bertz CT molecular complexity index is 1550. The lowest BCUT2D eigenvalue weighted by atomic mass is 9.51. The van der Waals surface area contributed by atoms with Crippen molar-refractivity contribution >= 4 is 29.8 Å². The molecule has 10 aliphatic rings. The predicted octanol–water partition coefficient (Wildman–Crippen LogP) is 4.92. The van der Waals surface area contributed by atoms with Gasteiger partial charge in [0.15, 0.2) is 6.79 Å². The van der Waals surface area contributed by atoms with Crippen molar-refractivity contribution in [3.8, 4) is 0 Å². The fraction of sp³-hybridized carbons (Fsp3) is 0.878. The minimum atomic E-state index is -0.878. The van der Waals surface area contributed by atoms with Gasteiger partial charge in [0.05, 0.1) is 23.7 Å². The highest BCUT2D eigenvalue weighted by atomic mass is 16.7. The second-order valence-electron chi connectivity index (χ2n) is 19.6. The quantitative estimate of drug-likeness (QED) is 0.0857. The maximum Gasteiger partial charge on any atom is 0.348 e. The normalized spacial score (nSPS) is 54.6. The highest BCUT2D eigenvalue weighted by Gasteiger charge is 2.75. The van der Waals surface area contributed by atoms with Gasteiger partial charge in [0, 0.05) is 12.0 Å². The highest BCUT2D eigenvalue weighted by Crippen LogP contribution is 2.79. The average Bonchev–Trinajstić information content (AvgIpc) is 3.94. The lowest BCUT2D eigenvalue weighted by Crippen LogP contribution is -2.52. The molecule has 10 heteroatoms. The van der Waals surface area contributed by atoms with E-state index in [1.54, 1.807) is 0 Å². The molecule has 2 saturated heterocycles. The van der Waals surface area contributed by atoms with Gasteiger partial charge in [0.1, 0.15) is 6.61 Å². The van der Waals surface area contributed by atoms with Gasteiger partial charge in [0.2, 0.25) is 6.10 Å². The number of carbonyl (C=O) groups excluding carboxylic acids is 5. The maximum atomic E-state index is 13.8. The number of esters is 5. The molecular formula is C41H54O10. The van der Waals surface area contributed by atoms with Crippen molar-refractivity contribution in [1.82, 2.24) is 0 Å². The summed E-state index contributed by atoms with van der Waals surface area (Å²) in [5.74, 6) is 4.13. The summed E-state index contributed by atoms with van der Waals surface area (Å²) >= 11 is 0. The van der Waals surface area contributed by atoms with Crippen molar-refractivity contribution in [1.29, 1.82) is 0 Å². The van der Waals surface area contributed by atoms with Crippen LogP contribution in [0, 0.1) is 124 Å². The number of hydrogen-bond donors (Lipinski definition) is 0. The molecular weight excluding hydrogens is 652 g/mol. The van der Waals surface area contributed by atoms with E-state index in [0.717, 1.165) is 32.1 Å². The molecule has 0 radical (unpaired) electrons. The molecule has 0 aromatic carbocycles. The van der Waals surface area contributed by atoms with Gasteiger partial charge in [-0.05, 0) is 140 Å². The molecule has 0 amide bonds. The van der Waals surface area contributed by atoms with Crippen LogP contribution < -0.4 is 0 Å². The predicted molar refractivity (Wildman–Crippen MR) is 177 cm³/mol. The summed E-state index contributed by atoms with van der Waals surface area (Å²) in [6, 6.07) is 0. The smallest absolute Gasteiger partial charge is 0.348 e. The molecule has 21 atom stereocenters. The summed E-state index contributed by atoms with van der Waals surface area (Å²) in [4.78, 5) is 66.3. The first-order valence-corrected chi connectivity index (χ1v) is 20.3. The molecule has 10 nitrogen and oxygen atoms in total. The zero-order valence-electron chi connectivity index (χ0n) is 30.6. The zero-order valence-corrected chi connectivity index (χ0v) is 30.6. The average molecular weight is 707 g/mol. The second-order valence-corrected chi connectivity index (χ2v) is 19.6. The largest absolute Gasteiger partial charge is 0.462 e. The summed E-state index contributed by atoms with van der Waals surface area (Å²) in [7, 11) is 0. The van der Waals surface area contributed by atoms with Gasteiger partial charge < -0.3 is 23.7 Å². The molecule has 8 bridgehead atoms. The Morgan fingerprint density at radius 3 is 1.90 bits per heavy atom. The van der Waals surface area contributed by atoms with E-state index in [1.165, 1.54) is 6.42 Å². The van der Waals surface area contributed by atoms with E-state index < -0.39 is 35.3 Å². The lowest BCUT2D eigenvalue weighted by molar-refractivity contribution is -0.170. The van der Waals surface area contributed by atoms with Crippen LogP contribution in [0.25, 0.3) is 0 Å². The molecule has 2 aliphatic heterocycles. The van der Waals surface area contributed by atoms with E-state index >= 15 is 0 Å². The van der Waals surface area contributed by atoms with Crippen LogP contribution in [0.5, 0.6) is 0 Å². The standard InChI is InChI=1S/C41H54O10/c1-6-47-14-49-37(43)22-9-17-7-20(22)31-24-11-19(29(17)31)15(2)27(24)33-25-12-26(34(33)28-16(3)36(42)51-39(28)45)32-21-8-18(30(25)32)10-23(21)38(44)50-35-40(46)48-13-41(35,4)5/h15-35H,6-14H2,1-5H3. The summed E-state index contributed by atoms with van der Waals surface area (Å²) < 4.78 is 27.6. The van der Waals surface area contributed by atoms with E-state index in [4.69, 9.17) is 23.7 Å². The molecule has 278 valence electrons. The Morgan fingerprint density at radius 2 is 1.29 bits per heavy atom. The molecule has 8 saturated carbocycles. The minimum absolute atomic E-state index is 0.0264. The first kappa shape index (κ1) is 33.1. The zero-order chi connectivity index (χ0) is 35.4. The number of fused-ring (bicyclic) bond motifs is 18. The van der Waals surface area contributed by atoms with Gasteiger partial charge in [-0.2, -0.15) is 0 Å². The van der Waals surface area contributed by atoms with Crippen molar-refractivity contribution in [2.75, 3.05) is 20.0 Å². The summed E-state index contributed by atoms with van der Waals surface area (Å²) in [5.41, 5.74) is -0.553. The fourth-order valence-corrected chi connectivity index (χ4v) is 16.4. The van der Waals surface area contributed by atoms with Gasteiger partial charge in [-0.15, -0.1) is 0 Å². The van der Waals surface area contributed by atoms with Gasteiger partial charge in [-0.25, -0.2) is 4.79 Å². The van der Waals surface area contributed by atoms with Crippen LogP contribution in [-0.4, -0.2) is 56.0 Å². The van der Waals surface area contributed by atoms with Crippen LogP contribution in [0.15, 0.2) is 0 Å². The number of ether oxygens (including phenoxy) is 5. The van der Waals surface area contributed by atoms with Crippen LogP contribution in [-0.2, 0) is 47.7 Å². The Hall–Kier alpha value is -2.49. The molecule has 21 unspecified atom stereocenters. The van der Waals surface area contributed by atoms with Gasteiger partial charge in [-0.1, -0.05) is 27.7 Å². The van der Waals surface area contributed by atoms with Crippen LogP contribution in [0.2, 0.25) is 0 Å². The first-order valence-electron chi connectivity index (χ1n) is 20.3. The molecule has 10 fully saturated rings. The van der Waals surface area contributed by atoms with E-state index in [-0.39, 0.29) is 60.9 Å². The Kier molecular flexibility index (Phi) is 7.31. The van der Waals surface area contributed by atoms with Crippen LogP contribution in [0.4, 0.5) is 0 Å². The lowest BCUT2D eigenvalue weighted by Gasteiger charge is -2.53. The Labute approximate surface area is 300 Å². The van der Waals surface area contributed by atoms with Crippen molar-refractivity contribution < 1.29 is 47.7 Å².